The molecule has 0 N–H and O–H groups in total. The van der Waals surface area contributed by atoms with Crippen LogP contribution in [0.5, 0.6) is 0 Å². The van der Waals surface area contributed by atoms with Crippen molar-refractivity contribution in [2.45, 2.75) is 93.9 Å². The molecule has 0 bridgehead atoms. The zero-order valence-electron chi connectivity index (χ0n) is 25.9. The number of rotatable bonds is 3. The van der Waals surface area contributed by atoms with Crippen LogP contribution in [0.15, 0.2) is 70.0 Å². The predicted octanol–water partition coefficient (Wildman–Crippen LogP) is 10.4. The van der Waals surface area contributed by atoms with E-state index >= 15 is 0 Å². The van der Waals surface area contributed by atoms with Crippen molar-refractivity contribution in [2.75, 3.05) is 0 Å². The fourth-order valence-corrected chi connectivity index (χ4v) is 4.61. The van der Waals surface area contributed by atoms with E-state index < -0.39 is 8.16 Å². The molecule has 0 radical (unpaired) electrons. The van der Waals surface area contributed by atoms with E-state index in [4.69, 9.17) is 0 Å². The van der Waals surface area contributed by atoms with Gasteiger partial charge in [0, 0.05) is 0 Å². The van der Waals surface area contributed by atoms with Crippen LogP contribution in [0.4, 0.5) is 21.0 Å². The summed E-state index contributed by atoms with van der Waals surface area (Å²) in [6, 6.07) is 7.02. The second-order valence-corrected chi connectivity index (χ2v) is 16.4. The Morgan fingerprint density at radius 3 is 1.27 bits per heavy atom. The van der Waals surface area contributed by atoms with Crippen LogP contribution in [0, 0.1) is 10.8 Å². The first-order valence-electron chi connectivity index (χ1n) is 13.1. The Morgan fingerprint density at radius 1 is 0.575 bits per heavy atom. The zero-order valence-corrected chi connectivity index (χ0v) is 27.6. The molecule has 0 nitrogen and oxygen atoms in total. The van der Waals surface area contributed by atoms with Gasteiger partial charge in [-0.05, 0) is 65.9 Å². The van der Waals surface area contributed by atoms with E-state index in [1.807, 2.05) is 11.8 Å². The molecular formula is C32H46F6PS-. The zero-order chi connectivity index (χ0) is 30.7. The Bertz CT molecular complexity index is 1090. The van der Waals surface area contributed by atoms with Crippen molar-refractivity contribution in [1.82, 2.24) is 0 Å². The molecule has 1 aliphatic heterocycles. The van der Waals surface area contributed by atoms with Gasteiger partial charge in [-0.1, -0.05) is 143 Å². The van der Waals surface area contributed by atoms with Gasteiger partial charge in [0.15, 0.2) is 0 Å². The van der Waals surface area contributed by atoms with E-state index in [9.17, 15) is 21.0 Å². The van der Waals surface area contributed by atoms with Gasteiger partial charge in [0.1, 0.15) is 0 Å². The number of halogens is 6. The topological polar surface area (TPSA) is 0 Å². The third kappa shape index (κ3) is 15.3. The maximum absolute atomic E-state index is 9.84. The number of hydrogen-bond acceptors (Lipinski definition) is 1. The van der Waals surface area contributed by atoms with Crippen LogP contribution in [-0.2, 0) is 10.8 Å². The maximum atomic E-state index is 9.84. The normalized spacial score (nSPS) is 16.4. The first kappa shape index (κ1) is 38.3. The third-order valence-electron chi connectivity index (χ3n) is 5.78. The van der Waals surface area contributed by atoms with Crippen LogP contribution in [0.25, 0.3) is 6.08 Å². The minimum atomic E-state index is -8.55. The molecule has 0 aromatic heterocycles. The van der Waals surface area contributed by atoms with Crippen LogP contribution in [0.2, 0.25) is 0 Å². The molecule has 2 rings (SSSR count). The molecule has 1 heterocycles. The van der Waals surface area contributed by atoms with E-state index in [1.165, 1.54) is 32.1 Å². The van der Waals surface area contributed by atoms with Gasteiger partial charge in [0.2, 0.25) is 0 Å². The van der Waals surface area contributed by atoms with Gasteiger partial charge in [-0.15, -0.1) is 0 Å². The van der Waals surface area contributed by atoms with Gasteiger partial charge < -0.3 is 4.70 Å². The second kappa shape index (κ2) is 13.1. The Hall–Kier alpha value is -1.72. The summed E-state index contributed by atoms with van der Waals surface area (Å²) in [5, 5.41) is 0. The van der Waals surface area contributed by atoms with E-state index in [0.717, 1.165) is 0 Å². The summed E-state index contributed by atoms with van der Waals surface area (Å²) >= 11 is 1.94. The molecule has 8 heteroatoms. The summed E-state index contributed by atoms with van der Waals surface area (Å²) in [6.45, 7) is 27.5. The van der Waals surface area contributed by atoms with Crippen LogP contribution in [-0.4, -0.2) is 0 Å². The first-order valence-corrected chi connectivity index (χ1v) is 15.6. The molecule has 0 unspecified atom stereocenters. The van der Waals surface area contributed by atoms with Crippen molar-refractivity contribution in [3.63, 3.8) is 0 Å². The molecule has 0 amide bonds. The summed E-state index contributed by atoms with van der Waals surface area (Å²) < 4.78 is 49.2. The average Bonchev–Trinajstić information content (AvgIpc) is 2.68. The maximum Gasteiger partial charge on any atom is -1.00 e. The minimum absolute atomic E-state index is 0. The quantitative estimate of drug-likeness (QED) is 0.187. The molecule has 40 heavy (non-hydrogen) atoms. The first-order chi connectivity index (χ1) is 17.1. The van der Waals surface area contributed by atoms with Crippen molar-refractivity contribution in [1.29, 1.82) is 0 Å². The van der Waals surface area contributed by atoms with Crippen molar-refractivity contribution in [3.05, 3.63) is 86.7 Å². The van der Waals surface area contributed by atoms with Crippen molar-refractivity contribution in [2.24, 2.45) is 10.8 Å². The van der Waals surface area contributed by atoms with E-state index in [1.54, 1.807) is 0 Å². The number of thioether (sulfide) groups is 1. The van der Waals surface area contributed by atoms with Crippen molar-refractivity contribution in [3.8, 4) is 0 Å². The van der Waals surface area contributed by atoms with Gasteiger partial charge in [-0.3, -0.25) is 0 Å². The molecule has 1 aliphatic rings. The van der Waals surface area contributed by atoms with Crippen LogP contribution in [0.3, 0.4) is 0 Å². The average molecular weight is 608 g/mol. The summed E-state index contributed by atoms with van der Waals surface area (Å²) in [7, 11) is -8.55. The van der Waals surface area contributed by atoms with Gasteiger partial charge in [-0.25, -0.2) is 0 Å². The van der Waals surface area contributed by atoms with Gasteiger partial charge in [0.25, 0.3) is 0 Å². The monoisotopic (exact) mass is 607 g/mol. The number of hydrogen-bond donors (Lipinski definition) is 0. The van der Waals surface area contributed by atoms with Crippen molar-refractivity contribution >= 4 is 26.0 Å². The fourth-order valence-electron chi connectivity index (χ4n) is 3.37. The van der Waals surface area contributed by atoms with Gasteiger partial charge in [-0.2, -0.15) is 0 Å². The standard InChI is InChI=1S/C32H46S.F5P.FH/c1-29(2,3)25-18-23(19-26(22-25)30(4,5)6)16-14-13-15-17-24-20-27(31(7,8)9)33-28(21-24)32(10,11)12;1-6(2,3,4)5;/h13-22H,1-12H3;;1H/p-1/b15-13+,16-14+;;. The Morgan fingerprint density at radius 2 is 0.950 bits per heavy atom. The van der Waals surface area contributed by atoms with Gasteiger partial charge >= 0.3 is 29.1 Å². The van der Waals surface area contributed by atoms with Crippen molar-refractivity contribution < 1.29 is 25.7 Å². The molecular weight excluding hydrogens is 561 g/mol. The molecule has 228 valence electrons. The molecule has 0 spiro atoms. The molecule has 0 fully saturated rings. The number of allylic oxidation sites excluding steroid dienone is 9. The summed E-state index contributed by atoms with van der Waals surface area (Å²) in [5.41, 5.74) is 5.90. The summed E-state index contributed by atoms with van der Waals surface area (Å²) in [4.78, 5) is 2.86. The smallest absolute Gasteiger partial charge is 1.00 e. The van der Waals surface area contributed by atoms with E-state index in [-0.39, 0.29) is 26.4 Å². The minimum Gasteiger partial charge on any atom is -1.00 e. The fraction of sp³-hybridized carbons (Fsp3) is 0.500. The molecule has 0 saturated carbocycles. The summed E-state index contributed by atoms with van der Waals surface area (Å²) in [5.74, 6) is 0. The Balaban J connectivity index is 0.00000195. The largest absolute Gasteiger partial charge is 1.00 e. The molecule has 0 aliphatic carbocycles. The molecule has 0 atom stereocenters. The molecule has 1 aromatic rings. The second-order valence-electron chi connectivity index (χ2n) is 14.0. The van der Waals surface area contributed by atoms with Crippen LogP contribution >= 0.6 is 19.9 Å². The predicted molar refractivity (Wildman–Crippen MR) is 165 cm³/mol. The number of benzene rings is 1. The van der Waals surface area contributed by atoms with Gasteiger partial charge in [0.05, 0.1) is 0 Å². The Labute approximate surface area is 242 Å². The Kier molecular flexibility index (Phi) is 12.5. The SMILES string of the molecule is CC(C)(C)C1=CC(=C/C=C/C=C/c2cc(C(C)(C)C)cc(C(C)(C)C)c2)C=C(C(C)(C)C)S1.FP(F)(F)(F)F.[F-]. The summed E-state index contributed by atoms with van der Waals surface area (Å²) in [6.07, 6.45) is 15.6. The van der Waals surface area contributed by atoms with E-state index in [0.29, 0.717) is 0 Å². The molecule has 0 saturated heterocycles. The third-order valence-corrected chi connectivity index (χ3v) is 7.68. The van der Waals surface area contributed by atoms with E-state index in [2.05, 4.69) is 144 Å². The van der Waals surface area contributed by atoms with Crippen LogP contribution < -0.4 is 4.70 Å². The molecule has 1 aromatic carbocycles. The van der Waals surface area contributed by atoms with Crippen LogP contribution in [0.1, 0.15) is 99.8 Å².